The molecule has 1 atom stereocenters. The van der Waals surface area contributed by atoms with Gasteiger partial charge in [-0.2, -0.15) is 5.10 Å². The van der Waals surface area contributed by atoms with Crippen molar-refractivity contribution >= 4 is 5.91 Å². The lowest BCUT2D eigenvalue weighted by atomic mass is 10.0. The molecule has 1 N–H and O–H groups in total. The summed E-state index contributed by atoms with van der Waals surface area (Å²) in [6.07, 6.45) is 5.47. The van der Waals surface area contributed by atoms with Crippen LogP contribution in [-0.4, -0.2) is 33.6 Å². The molecular formula is C13H21N3O. The molecule has 1 saturated heterocycles. The first-order valence-corrected chi connectivity index (χ1v) is 6.57. The molecule has 2 heterocycles. The number of hydrogen-bond acceptors (Lipinski definition) is 2. The van der Waals surface area contributed by atoms with Gasteiger partial charge < -0.3 is 4.90 Å². The highest BCUT2D eigenvalue weighted by Gasteiger charge is 2.25. The number of nitrogens with one attached hydrogen (secondary N) is 1. The first-order chi connectivity index (χ1) is 8.22. The fourth-order valence-electron chi connectivity index (χ4n) is 2.42. The average Bonchev–Trinajstić information content (AvgIpc) is 2.78. The molecule has 0 aliphatic carbocycles. The molecule has 4 heteroatoms. The van der Waals surface area contributed by atoms with Crippen molar-refractivity contribution in [1.82, 2.24) is 15.1 Å². The van der Waals surface area contributed by atoms with Crippen LogP contribution < -0.4 is 0 Å². The Morgan fingerprint density at radius 2 is 2.41 bits per heavy atom. The number of piperidine rings is 1. The van der Waals surface area contributed by atoms with Crippen molar-refractivity contribution in [2.45, 2.75) is 52.0 Å². The fraction of sp³-hybridized carbons (Fsp3) is 0.692. The van der Waals surface area contributed by atoms with Crippen LogP contribution in [0.3, 0.4) is 0 Å². The molecule has 4 nitrogen and oxygen atoms in total. The van der Waals surface area contributed by atoms with Gasteiger partial charge in [0.05, 0.1) is 0 Å². The fourth-order valence-corrected chi connectivity index (χ4v) is 2.42. The Morgan fingerprint density at radius 3 is 3.12 bits per heavy atom. The quantitative estimate of drug-likeness (QED) is 0.874. The Morgan fingerprint density at radius 1 is 1.59 bits per heavy atom. The van der Waals surface area contributed by atoms with E-state index in [1.807, 2.05) is 11.0 Å². The van der Waals surface area contributed by atoms with E-state index >= 15 is 0 Å². The minimum atomic E-state index is 0.0794. The molecule has 17 heavy (non-hydrogen) atoms. The highest BCUT2D eigenvalue weighted by atomic mass is 16.2. The molecule has 0 bridgehead atoms. The molecule has 1 aromatic rings. The van der Waals surface area contributed by atoms with Crippen LogP contribution in [0.2, 0.25) is 0 Å². The smallest absolute Gasteiger partial charge is 0.274 e. The minimum absolute atomic E-state index is 0.0794. The van der Waals surface area contributed by atoms with Crippen LogP contribution in [-0.2, 0) is 6.42 Å². The van der Waals surface area contributed by atoms with E-state index in [4.69, 9.17) is 0 Å². The third-order valence-electron chi connectivity index (χ3n) is 3.43. The number of amides is 1. The standard InChI is InChI=1S/C13H21N3O/c1-3-6-11-9-12(15-14-11)13(17)16-8-5-4-7-10(16)2/h9-10H,3-8H2,1-2H3,(H,14,15). The Hall–Kier alpha value is -1.32. The zero-order valence-corrected chi connectivity index (χ0v) is 10.7. The van der Waals surface area contributed by atoms with Crippen LogP contribution in [0.15, 0.2) is 6.07 Å². The molecule has 0 aromatic carbocycles. The van der Waals surface area contributed by atoms with Crippen molar-refractivity contribution in [2.75, 3.05) is 6.54 Å². The monoisotopic (exact) mass is 235 g/mol. The van der Waals surface area contributed by atoms with Crippen LogP contribution in [0.4, 0.5) is 0 Å². The average molecular weight is 235 g/mol. The molecule has 94 valence electrons. The Labute approximate surface area is 102 Å². The minimum Gasteiger partial charge on any atom is -0.335 e. The third kappa shape index (κ3) is 2.68. The molecule has 0 saturated carbocycles. The number of hydrogen-bond donors (Lipinski definition) is 1. The Balaban J connectivity index is 2.07. The second-order valence-electron chi connectivity index (χ2n) is 4.87. The Bertz CT molecular complexity index is 386. The second kappa shape index (κ2) is 5.34. The van der Waals surface area contributed by atoms with Gasteiger partial charge in [0, 0.05) is 18.3 Å². The van der Waals surface area contributed by atoms with E-state index < -0.39 is 0 Å². The van der Waals surface area contributed by atoms with E-state index in [1.165, 1.54) is 6.42 Å². The first-order valence-electron chi connectivity index (χ1n) is 6.57. The van der Waals surface area contributed by atoms with E-state index in [2.05, 4.69) is 24.0 Å². The number of H-pyrrole nitrogens is 1. The van der Waals surface area contributed by atoms with Crippen LogP contribution in [0.25, 0.3) is 0 Å². The molecule has 0 spiro atoms. The summed E-state index contributed by atoms with van der Waals surface area (Å²) in [5, 5.41) is 7.07. The second-order valence-corrected chi connectivity index (χ2v) is 4.87. The number of rotatable bonds is 3. The summed E-state index contributed by atoms with van der Waals surface area (Å²) in [5.41, 5.74) is 1.63. The van der Waals surface area contributed by atoms with Gasteiger partial charge in [-0.25, -0.2) is 0 Å². The van der Waals surface area contributed by atoms with E-state index in [-0.39, 0.29) is 5.91 Å². The maximum absolute atomic E-state index is 12.3. The summed E-state index contributed by atoms with van der Waals surface area (Å²) in [6.45, 7) is 5.11. The van der Waals surface area contributed by atoms with Gasteiger partial charge in [-0.3, -0.25) is 9.89 Å². The number of likely N-dealkylation sites (tertiary alicyclic amines) is 1. The lowest BCUT2D eigenvalue weighted by Crippen LogP contribution is -2.42. The van der Waals surface area contributed by atoms with Crippen molar-refractivity contribution in [3.05, 3.63) is 17.5 Å². The number of aryl methyl sites for hydroxylation is 1. The largest absolute Gasteiger partial charge is 0.335 e. The van der Waals surface area contributed by atoms with Crippen molar-refractivity contribution in [2.24, 2.45) is 0 Å². The van der Waals surface area contributed by atoms with E-state index in [0.29, 0.717) is 11.7 Å². The summed E-state index contributed by atoms with van der Waals surface area (Å²) in [7, 11) is 0. The topological polar surface area (TPSA) is 49.0 Å². The van der Waals surface area contributed by atoms with Crippen LogP contribution in [0.5, 0.6) is 0 Å². The number of carbonyl (C=O) groups is 1. The number of aromatic amines is 1. The molecule has 1 amide bonds. The van der Waals surface area contributed by atoms with E-state index in [9.17, 15) is 4.79 Å². The number of carbonyl (C=O) groups excluding carboxylic acids is 1. The highest BCUT2D eigenvalue weighted by molar-refractivity contribution is 5.92. The van der Waals surface area contributed by atoms with E-state index in [0.717, 1.165) is 37.9 Å². The maximum Gasteiger partial charge on any atom is 0.274 e. The molecule has 1 fully saturated rings. The van der Waals surface area contributed by atoms with Gasteiger partial charge in [0.25, 0.3) is 5.91 Å². The zero-order valence-electron chi connectivity index (χ0n) is 10.7. The molecule has 1 aliphatic heterocycles. The predicted molar refractivity (Wildman–Crippen MR) is 66.9 cm³/mol. The SMILES string of the molecule is CCCc1cc(C(=O)N2CCCCC2C)n[nH]1. The summed E-state index contributed by atoms with van der Waals surface area (Å²) in [6, 6.07) is 2.25. The van der Waals surface area contributed by atoms with Crippen LogP contribution in [0, 0.1) is 0 Å². The van der Waals surface area contributed by atoms with E-state index in [1.54, 1.807) is 0 Å². The van der Waals surface area contributed by atoms with Gasteiger partial charge in [0.1, 0.15) is 5.69 Å². The van der Waals surface area contributed by atoms with Crippen LogP contribution >= 0.6 is 0 Å². The molecular weight excluding hydrogens is 214 g/mol. The molecule has 1 aromatic heterocycles. The van der Waals surface area contributed by atoms with Gasteiger partial charge in [-0.1, -0.05) is 13.3 Å². The van der Waals surface area contributed by atoms with Gasteiger partial charge in [0.2, 0.25) is 0 Å². The van der Waals surface area contributed by atoms with Crippen molar-refractivity contribution < 1.29 is 4.79 Å². The lowest BCUT2D eigenvalue weighted by Gasteiger charge is -2.32. The molecule has 2 rings (SSSR count). The summed E-state index contributed by atoms with van der Waals surface area (Å²) in [4.78, 5) is 14.2. The molecule has 1 unspecified atom stereocenters. The summed E-state index contributed by atoms with van der Waals surface area (Å²) < 4.78 is 0. The van der Waals surface area contributed by atoms with Gasteiger partial charge >= 0.3 is 0 Å². The highest BCUT2D eigenvalue weighted by Crippen LogP contribution is 2.18. The third-order valence-corrected chi connectivity index (χ3v) is 3.43. The summed E-state index contributed by atoms with van der Waals surface area (Å²) >= 11 is 0. The van der Waals surface area contributed by atoms with Crippen molar-refractivity contribution in [3.8, 4) is 0 Å². The van der Waals surface area contributed by atoms with Gasteiger partial charge in [-0.15, -0.1) is 0 Å². The zero-order chi connectivity index (χ0) is 12.3. The predicted octanol–water partition coefficient (Wildman–Crippen LogP) is 2.38. The number of nitrogens with zero attached hydrogens (tertiary/aromatic N) is 2. The summed E-state index contributed by atoms with van der Waals surface area (Å²) in [5.74, 6) is 0.0794. The van der Waals surface area contributed by atoms with Crippen LogP contribution in [0.1, 0.15) is 55.7 Å². The Kier molecular flexibility index (Phi) is 3.82. The van der Waals surface area contributed by atoms with Gasteiger partial charge in [-0.05, 0) is 38.7 Å². The maximum atomic E-state index is 12.3. The number of aromatic nitrogens is 2. The van der Waals surface area contributed by atoms with Crippen molar-refractivity contribution in [3.63, 3.8) is 0 Å². The van der Waals surface area contributed by atoms with Gasteiger partial charge in [0.15, 0.2) is 0 Å². The lowest BCUT2D eigenvalue weighted by molar-refractivity contribution is 0.0629. The molecule has 0 radical (unpaired) electrons. The molecule has 1 aliphatic rings. The normalized spacial score (nSPS) is 20.6. The first kappa shape index (κ1) is 12.1. The van der Waals surface area contributed by atoms with Crippen molar-refractivity contribution in [1.29, 1.82) is 0 Å².